The third-order valence-corrected chi connectivity index (χ3v) is 4.41. The van der Waals surface area contributed by atoms with Crippen LogP contribution in [0.5, 0.6) is 0 Å². The van der Waals surface area contributed by atoms with Crippen molar-refractivity contribution in [2.75, 3.05) is 6.54 Å². The second kappa shape index (κ2) is 4.62. The van der Waals surface area contributed by atoms with Crippen LogP contribution < -0.4 is 5.73 Å². The Morgan fingerprint density at radius 3 is 3.13 bits per heavy atom. The topological polar surface area (TPSA) is 38.9 Å². The highest BCUT2D eigenvalue weighted by atomic mass is 32.1. The zero-order valence-electron chi connectivity index (χ0n) is 9.41. The summed E-state index contributed by atoms with van der Waals surface area (Å²) < 4.78 is 0. The van der Waals surface area contributed by atoms with Crippen molar-refractivity contribution in [3.05, 3.63) is 16.6 Å². The molecule has 0 bridgehead atoms. The minimum Gasteiger partial charge on any atom is -0.330 e. The van der Waals surface area contributed by atoms with Gasteiger partial charge in [-0.1, -0.05) is 19.8 Å². The van der Waals surface area contributed by atoms with Gasteiger partial charge >= 0.3 is 0 Å². The molecule has 2 nitrogen and oxygen atoms in total. The molecule has 0 radical (unpaired) electrons. The standard InChI is InChI=1S/C12H20N2S/c1-10-3-2-4-12(7-10,9-13)8-11-14-5-6-15-11/h5-6,10H,2-4,7-9,13H2,1H3. The molecule has 1 saturated carbocycles. The second-order valence-electron chi connectivity index (χ2n) is 5.01. The van der Waals surface area contributed by atoms with E-state index in [0.29, 0.717) is 5.41 Å². The fourth-order valence-electron chi connectivity index (χ4n) is 2.85. The van der Waals surface area contributed by atoms with Crippen molar-refractivity contribution in [3.8, 4) is 0 Å². The normalized spacial score (nSPS) is 31.7. The molecule has 0 aliphatic heterocycles. The summed E-state index contributed by atoms with van der Waals surface area (Å²) in [5.74, 6) is 0.835. The van der Waals surface area contributed by atoms with E-state index in [9.17, 15) is 0 Å². The predicted octanol–water partition coefficient (Wildman–Crippen LogP) is 2.84. The first-order chi connectivity index (χ1) is 7.24. The second-order valence-corrected chi connectivity index (χ2v) is 5.99. The average Bonchev–Trinajstić information content (AvgIpc) is 2.70. The van der Waals surface area contributed by atoms with Crippen LogP contribution in [-0.2, 0) is 6.42 Å². The van der Waals surface area contributed by atoms with Crippen molar-refractivity contribution in [3.63, 3.8) is 0 Å². The number of aromatic nitrogens is 1. The predicted molar refractivity (Wildman–Crippen MR) is 64.9 cm³/mol. The molecular formula is C12H20N2S. The lowest BCUT2D eigenvalue weighted by atomic mass is 9.68. The first-order valence-electron chi connectivity index (χ1n) is 5.82. The fraction of sp³-hybridized carbons (Fsp3) is 0.750. The molecule has 0 spiro atoms. The summed E-state index contributed by atoms with van der Waals surface area (Å²) >= 11 is 1.77. The molecule has 1 heterocycles. The summed E-state index contributed by atoms with van der Waals surface area (Å²) in [7, 11) is 0. The minimum atomic E-state index is 0.343. The third kappa shape index (κ3) is 2.58. The number of nitrogens with two attached hydrogens (primary N) is 1. The first kappa shape index (κ1) is 11.1. The number of nitrogens with zero attached hydrogens (tertiary/aromatic N) is 1. The molecule has 0 amide bonds. The molecule has 1 aromatic rings. The summed E-state index contributed by atoms with van der Waals surface area (Å²) in [6.45, 7) is 3.17. The van der Waals surface area contributed by atoms with Gasteiger partial charge in [0, 0.05) is 18.0 Å². The van der Waals surface area contributed by atoms with Gasteiger partial charge in [-0.25, -0.2) is 4.98 Å². The van der Waals surface area contributed by atoms with E-state index in [1.807, 2.05) is 6.20 Å². The van der Waals surface area contributed by atoms with Crippen molar-refractivity contribution in [2.45, 2.75) is 39.0 Å². The molecule has 1 fully saturated rings. The molecule has 3 heteroatoms. The van der Waals surface area contributed by atoms with Crippen molar-refractivity contribution < 1.29 is 0 Å². The lowest BCUT2D eigenvalue weighted by Crippen LogP contribution is -2.37. The van der Waals surface area contributed by atoms with Crippen LogP contribution in [0, 0.1) is 11.3 Å². The van der Waals surface area contributed by atoms with Crippen molar-refractivity contribution in [2.24, 2.45) is 17.1 Å². The van der Waals surface area contributed by atoms with Crippen LogP contribution in [0.25, 0.3) is 0 Å². The summed E-state index contributed by atoms with van der Waals surface area (Å²) in [6, 6.07) is 0. The van der Waals surface area contributed by atoms with Crippen LogP contribution in [-0.4, -0.2) is 11.5 Å². The smallest absolute Gasteiger partial charge is 0.0930 e. The van der Waals surface area contributed by atoms with E-state index in [2.05, 4.69) is 17.3 Å². The van der Waals surface area contributed by atoms with Gasteiger partial charge in [0.05, 0.1) is 5.01 Å². The molecule has 1 aliphatic carbocycles. The van der Waals surface area contributed by atoms with E-state index in [4.69, 9.17) is 5.73 Å². The Labute approximate surface area is 95.9 Å². The van der Waals surface area contributed by atoms with Gasteiger partial charge < -0.3 is 5.73 Å². The summed E-state index contributed by atoms with van der Waals surface area (Å²) in [5, 5.41) is 3.32. The quantitative estimate of drug-likeness (QED) is 0.857. The highest BCUT2D eigenvalue weighted by Gasteiger charge is 2.34. The van der Waals surface area contributed by atoms with Crippen LogP contribution in [0.4, 0.5) is 0 Å². The van der Waals surface area contributed by atoms with Gasteiger partial charge in [-0.15, -0.1) is 11.3 Å². The molecule has 1 aromatic heterocycles. The number of hydrogen-bond donors (Lipinski definition) is 1. The maximum Gasteiger partial charge on any atom is 0.0930 e. The highest BCUT2D eigenvalue weighted by Crippen LogP contribution is 2.41. The van der Waals surface area contributed by atoms with Gasteiger partial charge in [-0.2, -0.15) is 0 Å². The molecule has 2 N–H and O–H groups in total. The van der Waals surface area contributed by atoms with Crippen LogP contribution in [0.1, 0.15) is 37.6 Å². The largest absolute Gasteiger partial charge is 0.330 e. The molecular weight excluding hydrogens is 204 g/mol. The zero-order valence-corrected chi connectivity index (χ0v) is 10.2. The Morgan fingerprint density at radius 1 is 1.67 bits per heavy atom. The summed E-state index contributed by atoms with van der Waals surface area (Å²) in [6.07, 6.45) is 8.27. The molecule has 0 aromatic carbocycles. The number of thiazole rings is 1. The van der Waals surface area contributed by atoms with E-state index in [-0.39, 0.29) is 0 Å². The SMILES string of the molecule is CC1CCCC(CN)(Cc2nccs2)C1. The summed E-state index contributed by atoms with van der Waals surface area (Å²) in [5.41, 5.74) is 6.34. The molecule has 2 atom stereocenters. The average molecular weight is 224 g/mol. The zero-order chi connectivity index (χ0) is 10.7. The van der Waals surface area contributed by atoms with E-state index >= 15 is 0 Å². The molecule has 0 saturated heterocycles. The van der Waals surface area contributed by atoms with Crippen LogP contribution in [0.2, 0.25) is 0 Å². The van der Waals surface area contributed by atoms with Gasteiger partial charge in [0.1, 0.15) is 0 Å². The first-order valence-corrected chi connectivity index (χ1v) is 6.70. The fourth-order valence-corrected chi connectivity index (χ4v) is 3.64. The van der Waals surface area contributed by atoms with E-state index in [1.165, 1.54) is 30.7 Å². The number of rotatable bonds is 3. The monoisotopic (exact) mass is 224 g/mol. The van der Waals surface area contributed by atoms with Crippen molar-refractivity contribution in [1.29, 1.82) is 0 Å². The van der Waals surface area contributed by atoms with Crippen molar-refractivity contribution in [1.82, 2.24) is 4.98 Å². The van der Waals surface area contributed by atoms with Crippen LogP contribution in [0.15, 0.2) is 11.6 Å². The maximum absolute atomic E-state index is 5.99. The van der Waals surface area contributed by atoms with E-state index < -0.39 is 0 Å². The summed E-state index contributed by atoms with van der Waals surface area (Å²) in [4.78, 5) is 4.39. The molecule has 15 heavy (non-hydrogen) atoms. The van der Waals surface area contributed by atoms with Crippen LogP contribution >= 0.6 is 11.3 Å². The molecule has 1 aliphatic rings. The third-order valence-electron chi connectivity index (χ3n) is 3.63. The van der Waals surface area contributed by atoms with Crippen molar-refractivity contribution >= 4 is 11.3 Å². The Kier molecular flexibility index (Phi) is 3.42. The number of hydrogen-bond acceptors (Lipinski definition) is 3. The van der Waals surface area contributed by atoms with Gasteiger partial charge in [-0.3, -0.25) is 0 Å². The molecule has 2 rings (SSSR count). The molecule has 2 unspecified atom stereocenters. The Morgan fingerprint density at radius 2 is 2.53 bits per heavy atom. The van der Waals surface area contributed by atoms with Gasteiger partial charge in [0.25, 0.3) is 0 Å². The van der Waals surface area contributed by atoms with Gasteiger partial charge in [0.2, 0.25) is 0 Å². The minimum absolute atomic E-state index is 0.343. The lowest BCUT2D eigenvalue weighted by Gasteiger charge is -2.38. The van der Waals surface area contributed by atoms with Gasteiger partial charge in [-0.05, 0) is 30.7 Å². The van der Waals surface area contributed by atoms with Gasteiger partial charge in [0.15, 0.2) is 0 Å². The lowest BCUT2D eigenvalue weighted by molar-refractivity contribution is 0.153. The Balaban J connectivity index is 2.07. The Hall–Kier alpha value is -0.410. The Bertz CT molecular complexity index is 297. The van der Waals surface area contributed by atoms with E-state index in [0.717, 1.165) is 18.9 Å². The maximum atomic E-state index is 5.99. The highest BCUT2D eigenvalue weighted by molar-refractivity contribution is 7.09. The van der Waals surface area contributed by atoms with Crippen LogP contribution in [0.3, 0.4) is 0 Å². The molecule has 84 valence electrons. The van der Waals surface area contributed by atoms with E-state index in [1.54, 1.807) is 11.3 Å².